The molecule has 33 heavy (non-hydrogen) atoms. The monoisotopic (exact) mass is 509 g/mol. The minimum Gasteiger partial charge on any atom is -0.507 e. The van der Waals surface area contributed by atoms with Gasteiger partial charge in [0.2, 0.25) is 27.2 Å². The molecule has 188 valence electrons. The van der Waals surface area contributed by atoms with Crippen LogP contribution in [0, 0.1) is 5.92 Å². The Morgan fingerprint density at radius 1 is 1.12 bits per heavy atom. The lowest BCUT2D eigenvalue weighted by Gasteiger charge is -2.39. The van der Waals surface area contributed by atoms with Gasteiger partial charge in [-0.1, -0.05) is 0 Å². The second-order valence-electron chi connectivity index (χ2n) is 8.84. The summed E-state index contributed by atoms with van der Waals surface area (Å²) in [6, 6.07) is -0.209. The summed E-state index contributed by atoms with van der Waals surface area (Å²) in [4.78, 5) is 0.179. The van der Waals surface area contributed by atoms with Crippen LogP contribution in [0.2, 0.25) is 0 Å². The molecule has 2 aliphatic rings. The van der Waals surface area contributed by atoms with Gasteiger partial charge in [-0.3, -0.25) is 0 Å². The van der Waals surface area contributed by atoms with E-state index in [2.05, 4.69) is 0 Å². The van der Waals surface area contributed by atoms with Gasteiger partial charge in [-0.15, -0.1) is 0 Å². The second kappa shape index (κ2) is 8.46. The van der Waals surface area contributed by atoms with Gasteiger partial charge in [-0.05, 0) is 32.3 Å². The summed E-state index contributed by atoms with van der Waals surface area (Å²) in [6.07, 6.45) is -8.23. The molecular weight excluding hydrogens is 486 g/mol. The molecule has 0 radical (unpaired) electrons. The fraction of sp³-hybridized carbons (Fsp3) is 0.700. The van der Waals surface area contributed by atoms with E-state index in [9.17, 15) is 44.3 Å². The van der Waals surface area contributed by atoms with Crippen LogP contribution >= 0.6 is 0 Å². The third-order valence-electron chi connectivity index (χ3n) is 6.18. The highest BCUT2D eigenvalue weighted by atomic mass is 32.2. The summed E-state index contributed by atoms with van der Waals surface area (Å²) >= 11 is 0. The minimum absolute atomic E-state index is 0.220. The zero-order chi connectivity index (χ0) is 25.0. The van der Waals surface area contributed by atoms with Crippen molar-refractivity contribution in [1.82, 2.24) is 0 Å². The molecule has 0 bridgehead atoms. The lowest BCUT2D eigenvalue weighted by molar-refractivity contribution is -0.138. The Kier molecular flexibility index (Phi) is 6.62. The number of fused-ring (bicyclic) bond motifs is 1. The summed E-state index contributed by atoms with van der Waals surface area (Å²) < 4.78 is 135. The van der Waals surface area contributed by atoms with Crippen LogP contribution in [0.4, 0.5) is 40.8 Å². The standard InChI is InChI=1S/C20H23F8NO3S/c1-18(22,23)5-2-11-10-29(12-3-6-19(24,25)7-4-12)14-8-13(20(26,27)28)15(30)9-16(14)33(31,32)17(11)21/h8-9,11-12,17,30H,2-7,10H2,1H3/t11-,17+/m1/s1. The van der Waals surface area contributed by atoms with Gasteiger partial charge in [0.15, 0.2) is 0 Å². The molecule has 1 heterocycles. The van der Waals surface area contributed by atoms with Crippen LogP contribution in [0.5, 0.6) is 5.75 Å². The molecule has 0 amide bonds. The van der Waals surface area contributed by atoms with E-state index in [1.54, 1.807) is 0 Å². The Morgan fingerprint density at radius 3 is 2.21 bits per heavy atom. The number of rotatable bonds is 4. The van der Waals surface area contributed by atoms with Crippen molar-refractivity contribution < 1.29 is 48.6 Å². The molecule has 0 spiro atoms. The van der Waals surface area contributed by atoms with E-state index in [1.807, 2.05) is 0 Å². The van der Waals surface area contributed by atoms with E-state index in [0.29, 0.717) is 19.1 Å². The molecular formula is C20H23F8NO3S. The first kappa shape index (κ1) is 25.8. The lowest BCUT2D eigenvalue weighted by atomic mass is 9.89. The number of alkyl halides is 8. The van der Waals surface area contributed by atoms with Gasteiger partial charge in [-0.25, -0.2) is 30.4 Å². The first-order chi connectivity index (χ1) is 14.9. The molecule has 1 aliphatic heterocycles. The van der Waals surface area contributed by atoms with Gasteiger partial charge in [0.1, 0.15) is 5.75 Å². The summed E-state index contributed by atoms with van der Waals surface area (Å²) in [5, 5.41) is 9.83. The van der Waals surface area contributed by atoms with Crippen LogP contribution in [-0.4, -0.2) is 43.5 Å². The Morgan fingerprint density at radius 2 is 1.70 bits per heavy atom. The summed E-state index contributed by atoms with van der Waals surface area (Å²) in [5.74, 6) is -9.24. The van der Waals surface area contributed by atoms with E-state index in [4.69, 9.17) is 0 Å². The number of hydrogen-bond acceptors (Lipinski definition) is 4. The van der Waals surface area contributed by atoms with E-state index < -0.39 is 99.4 Å². The van der Waals surface area contributed by atoms with Crippen molar-refractivity contribution in [2.24, 2.45) is 5.92 Å². The average Bonchev–Trinajstić information content (AvgIpc) is 2.73. The number of hydrogen-bond donors (Lipinski definition) is 1. The number of nitrogens with zero attached hydrogens (tertiary/aromatic N) is 1. The fourth-order valence-electron chi connectivity index (χ4n) is 4.39. The van der Waals surface area contributed by atoms with Gasteiger partial charge in [0.25, 0.3) is 0 Å². The predicted molar refractivity (Wildman–Crippen MR) is 103 cm³/mol. The maximum Gasteiger partial charge on any atom is 0.420 e. The lowest BCUT2D eigenvalue weighted by Crippen LogP contribution is -2.44. The van der Waals surface area contributed by atoms with Crippen LogP contribution in [0.25, 0.3) is 0 Å². The molecule has 1 fully saturated rings. The zero-order valence-corrected chi connectivity index (χ0v) is 18.3. The summed E-state index contributed by atoms with van der Waals surface area (Å²) in [6.45, 7) is 0.0105. The van der Waals surface area contributed by atoms with E-state index in [-0.39, 0.29) is 12.8 Å². The Bertz CT molecular complexity index is 980. The maximum atomic E-state index is 15.2. The number of phenols is 1. The van der Waals surface area contributed by atoms with Gasteiger partial charge in [-0.2, -0.15) is 13.2 Å². The van der Waals surface area contributed by atoms with Crippen molar-refractivity contribution in [2.75, 3.05) is 11.4 Å². The van der Waals surface area contributed by atoms with Crippen LogP contribution in [0.3, 0.4) is 0 Å². The molecule has 3 rings (SSSR count). The molecule has 0 saturated heterocycles. The van der Waals surface area contributed by atoms with Crippen molar-refractivity contribution in [3.05, 3.63) is 17.7 Å². The summed E-state index contributed by atoms with van der Waals surface area (Å²) in [7, 11) is -4.98. The Hall–Kier alpha value is -1.79. The highest BCUT2D eigenvalue weighted by Crippen LogP contribution is 2.47. The normalized spacial score (nSPS) is 26.0. The van der Waals surface area contributed by atoms with Gasteiger partial charge < -0.3 is 10.0 Å². The molecule has 0 unspecified atom stereocenters. The molecule has 0 aromatic heterocycles. The summed E-state index contributed by atoms with van der Waals surface area (Å²) in [5.41, 5.74) is -4.88. The molecule has 1 aromatic rings. The van der Waals surface area contributed by atoms with Crippen LogP contribution < -0.4 is 4.90 Å². The molecule has 13 heteroatoms. The number of halogens is 8. The highest BCUT2D eigenvalue weighted by Gasteiger charge is 2.47. The van der Waals surface area contributed by atoms with Crippen molar-refractivity contribution in [3.63, 3.8) is 0 Å². The molecule has 1 N–H and O–H groups in total. The van der Waals surface area contributed by atoms with Crippen molar-refractivity contribution in [1.29, 1.82) is 0 Å². The number of sulfone groups is 1. The molecule has 1 saturated carbocycles. The minimum atomic E-state index is -5.08. The van der Waals surface area contributed by atoms with Crippen LogP contribution in [0.1, 0.15) is 51.0 Å². The van der Waals surface area contributed by atoms with Crippen LogP contribution in [0.15, 0.2) is 17.0 Å². The highest BCUT2D eigenvalue weighted by molar-refractivity contribution is 7.92. The molecule has 4 nitrogen and oxygen atoms in total. The van der Waals surface area contributed by atoms with Gasteiger partial charge >= 0.3 is 6.18 Å². The number of anilines is 1. The predicted octanol–water partition coefficient (Wildman–Crippen LogP) is 5.93. The van der Waals surface area contributed by atoms with Crippen molar-refractivity contribution in [2.45, 2.75) is 79.9 Å². The Labute approximate surface area is 185 Å². The van der Waals surface area contributed by atoms with Gasteiger partial charge in [0.05, 0.1) is 16.1 Å². The number of benzene rings is 1. The SMILES string of the molecule is CC(F)(F)CC[C@@H]1CN(C2CCC(F)(F)CC2)c2cc(C(F)(F)F)c(O)cc2S(=O)(=O)[C@@H]1F. The van der Waals surface area contributed by atoms with E-state index in [0.717, 1.165) is 4.90 Å². The number of aromatic hydroxyl groups is 1. The third kappa shape index (κ3) is 5.48. The van der Waals surface area contributed by atoms with E-state index >= 15 is 4.39 Å². The fourth-order valence-corrected chi connectivity index (χ4v) is 6.10. The van der Waals surface area contributed by atoms with Crippen molar-refractivity contribution in [3.8, 4) is 5.75 Å². The smallest absolute Gasteiger partial charge is 0.420 e. The van der Waals surface area contributed by atoms with Crippen molar-refractivity contribution >= 4 is 15.5 Å². The molecule has 2 atom stereocenters. The third-order valence-corrected chi connectivity index (χ3v) is 8.10. The second-order valence-corrected chi connectivity index (χ2v) is 10.8. The van der Waals surface area contributed by atoms with Gasteiger partial charge in [0, 0.05) is 43.8 Å². The zero-order valence-electron chi connectivity index (χ0n) is 17.5. The topological polar surface area (TPSA) is 57.6 Å². The first-order valence-corrected chi connectivity index (χ1v) is 11.8. The Balaban J connectivity index is 2.14. The average molecular weight is 509 g/mol. The quantitative estimate of drug-likeness (QED) is 0.512. The largest absolute Gasteiger partial charge is 0.507 e. The number of phenolic OH excluding ortho intramolecular Hbond substituents is 1. The van der Waals surface area contributed by atoms with E-state index in [1.165, 1.54) is 0 Å². The molecule has 1 aromatic carbocycles. The van der Waals surface area contributed by atoms with Crippen LogP contribution in [-0.2, 0) is 16.0 Å². The first-order valence-electron chi connectivity index (χ1n) is 10.3. The molecule has 1 aliphatic carbocycles. The maximum absolute atomic E-state index is 15.2.